The molecule has 3 aliphatic rings. The van der Waals surface area contributed by atoms with Crippen LogP contribution in [-0.4, -0.2) is 65.7 Å². The van der Waals surface area contributed by atoms with Crippen molar-refractivity contribution in [1.29, 1.82) is 0 Å². The van der Waals surface area contributed by atoms with Gasteiger partial charge in [0.2, 0.25) is 19.4 Å². The predicted molar refractivity (Wildman–Crippen MR) is 135 cm³/mol. The first-order chi connectivity index (χ1) is 17.9. The molecule has 4 rings (SSSR count). The SMILES string of the molecule is CC(C)(C)C(=O)OCOP(=O)(OCOC(=O)C(C)(C)C)OCC12O[C@@H](n3cc(F)c(=S)[nH]c3=S)C3(CN3)[C@H]1O2. The number of aromatic nitrogens is 2. The van der Waals surface area contributed by atoms with Gasteiger partial charge in [-0.3, -0.25) is 18.7 Å². The molecule has 3 saturated heterocycles. The minimum atomic E-state index is -4.48. The predicted octanol–water partition coefficient (Wildman–Crippen LogP) is 3.63. The fourth-order valence-corrected chi connectivity index (χ4v) is 5.11. The van der Waals surface area contributed by atoms with E-state index < -0.39 is 80.3 Å². The third-order valence-corrected chi connectivity index (χ3v) is 7.99. The van der Waals surface area contributed by atoms with Crippen LogP contribution >= 0.6 is 32.3 Å². The Bertz CT molecular complexity index is 1280. The Morgan fingerprint density at radius 1 is 1.08 bits per heavy atom. The first kappa shape index (κ1) is 30.3. The van der Waals surface area contributed by atoms with Crippen molar-refractivity contribution in [3.8, 4) is 0 Å². The number of halogens is 1. The van der Waals surface area contributed by atoms with Gasteiger partial charge in [0.05, 0.1) is 10.8 Å². The summed E-state index contributed by atoms with van der Waals surface area (Å²) < 4.78 is 66.7. The summed E-state index contributed by atoms with van der Waals surface area (Å²) in [5, 5.41) is 3.17. The van der Waals surface area contributed by atoms with Crippen LogP contribution in [-0.2, 0) is 46.7 Å². The van der Waals surface area contributed by atoms with E-state index in [4.69, 9.17) is 57.0 Å². The van der Waals surface area contributed by atoms with Crippen molar-refractivity contribution in [1.82, 2.24) is 14.9 Å². The lowest BCUT2D eigenvalue weighted by atomic mass is 9.98. The lowest BCUT2D eigenvalue weighted by Gasteiger charge is -2.25. The Balaban J connectivity index is 1.45. The summed E-state index contributed by atoms with van der Waals surface area (Å²) in [6.45, 7) is 8.28. The first-order valence-electron chi connectivity index (χ1n) is 11.9. The third-order valence-electron chi connectivity index (χ3n) is 6.09. The number of hydrogen-bond acceptors (Lipinski definition) is 13. The molecule has 13 nitrogen and oxygen atoms in total. The molecule has 4 atom stereocenters. The van der Waals surface area contributed by atoms with Crippen molar-refractivity contribution >= 4 is 44.2 Å². The van der Waals surface area contributed by atoms with Gasteiger partial charge in [-0.15, -0.1) is 0 Å². The van der Waals surface area contributed by atoms with Crippen LogP contribution in [0.4, 0.5) is 4.39 Å². The number of phosphoric ester groups is 1. The van der Waals surface area contributed by atoms with Crippen LogP contribution in [0.5, 0.6) is 0 Å². The molecule has 0 saturated carbocycles. The standard InChI is InChI=1S/C22H31FN3O10PS2/c1-19(2,3)16(27)30-10-33-37(29,34-11-31-17(28)20(4,5)6)32-9-22-14(35-22)21(8-24-21)15(36-22)26-7-12(23)13(38)25-18(26)39/h7,14-15,24H,8-11H2,1-6H3,(H,25,38,39)/t14-,15-,21?,22?/m1/s1. The fraction of sp³-hybridized carbons (Fsp3) is 0.727. The third kappa shape index (κ3) is 6.34. The summed E-state index contributed by atoms with van der Waals surface area (Å²) in [6, 6.07) is 0. The van der Waals surface area contributed by atoms with Crippen molar-refractivity contribution in [2.45, 2.75) is 65.2 Å². The smallest absolute Gasteiger partial charge is 0.437 e. The van der Waals surface area contributed by atoms with E-state index in [1.165, 1.54) is 4.57 Å². The number of epoxide rings is 1. The molecule has 39 heavy (non-hydrogen) atoms. The van der Waals surface area contributed by atoms with Gasteiger partial charge in [-0.2, -0.15) is 0 Å². The molecule has 218 valence electrons. The molecule has 0 aromatic carbocycles. The highest BCUT2D eigenvalue weighted by Gasteiger charge is 2.82. The normalized spacial score (nSPS) is 27.8. The van der Waals surface area contributed by atoms with Gasteiger partial charge in [-0.25, -0.2) is 18.0 Å². The Morgan fingerprint density at radius 2 is 1.62 bits per heavy atom. The molecule has 17 heteroatoms. The molecular formula is C22H31FN3O10PS2. The van der Waals surface area contributed by atoms with Gasteiger partial charge < -0.3 is 29.2 Å². The second kappa shape index (κ2) is 10.3. The van der Waals surface area contributed by atoms with Crippen LogP contribution < -0.4 is 5.32 Å². The molecule has 0 bridgehead atoms. The number of nitrogens with zero attached hydrogens (tertiary/aromatic N) is 1. The molecule has 3 fully saturated rings. The number of esters is 2. The Kier molecular flexibility index (Phi) is 8.04. The average molecular weight is 612 g/mol. The fourth-order valence-electron chi connectivity index (χ4n) is 3.72. The maximum Gasteiger partial charge on any atom is 0.480 e. The minimum Gasteiger partial charge on any atom is -0.437 e. The lowest BCUT2D eigenvalue weighted by molar-refractivity contribution is -0.166. The average Bonchev–Trinajstić information content (AvgIpc) is 3.72. The van der Waals surface area contributed by atoms with E-state index in [0.29, 0.717) is 6.54 Å². The van der Waals surface area contributed by atoms with E-state index in [0.717, 1.165) is 6.20 Å². The van der Waals surface area contributed by atoms with Crippen molar-refractivity contribution < 1.29 is 51.1 Å². The highest BCUT2D eigenvalue weighted by atomic mass is 32.1. The van der Waals surface area contributed by atoms with E-state index in [-0.39, 0.29) is 9.41 Å². The van der Waals surface area contributed by atoms with Crippen molar-refractivity contribution in [3.05, 3.63) is 21.4 Å². The van der Waals surface area contributed by atoms with Gasteiger partial charge in [0.1, 0.15) is 22.9 Å². The molecule has 2 N–H and O–H groups in total. The molecule has 0 radical (unpaired) electrons. The summed E-state index contributed by atoms with van der Waals surface area (Å²) in [5.41, 5.74) is -2.42. The number of phosphoric acid groups is 1. The number of H-pyrrole nitrogens is 1. The molecule has 1 spiro atoms. The maximum atomic E-state index is 14.2. The quantitative estimate of drug-likeness (QED) is 0.130. The van der Waals surface area contributed by atoms with Gasteiger partial charge >= 0.3 is 19.8 Å². The van der Waals surface area contributed by atoms with Gasteiger partial charge in [-0.1, -0.05) is 12.2 Å². The number of nitrogens with one attached hydrogen (secondary N) is 2. The molecule has 0 aliphatic carbocycles. The van der Waals surface area contributed by atoms with E-state index in [1.54, 1.807) is 41.5 Å². The van der Waals surface area contributed by atoms with Crippen LogP contribution in [0.15, 0.2) is 6.20 Å². The van der Waals surface area contributed by atoms with Crippen molar-refractivity contribution in [3.63, 3.8) is 0 Å². The summed E-state index contributed by atoms with van der Waals surface area (Å²) in [4.78, 5) is 26.8. The van der Waals surface area contributed by atoms with E-state index in [2.05, 4.69) is 10.3 Å². The maximum absolute atomic E-state index is 14.2. The monoisotopic (exact) mass is 611 g/mol. The van der Waals surface area contributed by atoms with Crippen LogP contribution in [0.25, 0.3) is 0 Å². The highest BCUT2D eigenvalue weighted by molar-refractivity contribution is 7.72. The zero-order chi connectivity index (χ0) is 29.0. The number of rotatable bonds is 10. The Labute approximate surface area is 234 Å². The molecule has 2 unspecified atom stereocenters. The molecule has 3 aliphatic heterocycles. The van der Waals surface area contributed by atoms with Crippen molar-refractivity contribution in [2.75, 3.05) is 26.7 Å². The van der Waals surface area contributed by atoms with Gasteiger partial charge in [0.15, 0.2) is 16.8 Å². The van der Waals surface area contributed by atoms with E-state index in [1.807, 2.05) is 0 Å². The molecule has 1 aromatic heterocycles. The largest absolute Gasteiger partial charge is 0.480 e. The van der Waals surface area contributed by atoms with Crippen LogP contribution in [0.1, 0.15) is 47.8 Å². The number of carbonyl (C=O) groups excluding carboxylic acids is 2. The Morgan fingerprint density at radius 3 is 2.10 bits per heavy atom. The highest BCUT2D eigenvalue weighted by Crippen LogP contribution is 2.63. The van der Waals surface area contributed by atoms with Crippen LogP contribution in [0.2, 0.25) is 0 Å². The molecular weight excluding hydrogens is 580 g/mol. The molecule has 1 aromatic rings. The number of hydrogen-bond donors (Lipinski definition) is 2. The number of carbonyl (C=O) groups is 2. The van der Waals surface area contributed by atoms with Gasteiger partial charge in [0, 0.05) is 12.7 Å². The Hall–Kier alpha value is -1.62. The lowest BCUT2D eigenvalue weighted by Crippen LogP contribution is -2.33. The topological polar surface area (TPSA) is 162 Å². The second-order valence-corrected chi connectivity index (χ2v) is 13.9. The molecule has 0 amide bonds. The number of ether oxygens (including phenoxy) is 4. The van der Waals surface area contributed by atoms with Crippen LogP contribution in [0, 0.1) is 26.1 Å². The summed E-state index contributed by atoms with van der Waals surface area (Å²) >= 11 is 10.2. The zero-order valence-electron chi connectivity index (χ0n) is 22.2. The second-order valence-electron chi connectivity index (χ2n) is 11.4. The summed E-state index contributed by atoms with van der Waals surface area (Å²) in [7, 11) is -4.48. The first-order valence-corrected chi connectivity index (χ1v) is 14.2. The van der Waals surface area contributed by atoms with Gasteiger partial charge in [-0.05, 0) is 53.8 Å². The number of aromatic amines is 1. The van der Waals surface area contributed by atoms with E-state index in [9.17, 15) is 18.5 Å². The van der Waals surface area contributed by atoms with E-state index >= 15 is 0 Å². The summed E-state index contributed by atoms with van der Waals surface area (Å²) in [6.07, 6.45) is -0.221. The molecule has 4 heterocycles. The minimum absolute atomic E-state index is 0.135. The van der Waals surface area contributed by atoms with Crippen LogP contribution in [0.3, 0.4) is 0 Å². The van der Waals surface area contributed by atoms with Crippen molar-refractivity contribution in [2.24, 2.45) is 10.8 Å². The van der Waals surface area contributed by atoms with Gasteiger partial charge in [0.25, 0.3) is 0 Å². The summed E-state index contributed by atoms with van der Waals surface area (Å²) in [5.74, 6) is -3.32. The number of fused-ring (bicyclic) bond motifs is 2. The zero-order valence-corrected chi connectivity index (χ0v) is 24.8.